The maximum atomic E-state index is 5.65. The first-order valence-electron chi connectivity index (χ1n) is 5.00. The monoisotopic (exact) mass is 219 g/mol. The van der Waals surface area contributed by atoms with Crippen LogP contribution in [0.15, 0.2) is 35.7 Å². The van der Waals surface area contributed by atoms with E-state index in [1.807, 2.05) is 23.6 Å². The van der Waals surface area contributed by atoms with Crippen molar-refractivity contribution in [2.24, 2.45) is 0 Å². The molecule has 0 radical (unpaired) electrons. The van der Waals surface area contributed by atoms with Gasteiger partial charge in [-0.1, -0.05) is 37.3 Å². The van der Waals surface area contributed by atoms with E-state index in [0.29, 0.717) is 6.61 Å². The van der Waals surface area contributed by atoms with E-state index in [9.17, 15) is 0 Å². The van der Waals surface area contributed by atoms with E-state index in [1.165, 1.54) is 22.7 Å². The lowest BCUT2D eigenvalue weighted by molar-refractivity contribution is 0.294. The summed E-state index contributed by atoms with van der Waals surface area (Å²) in [6.07, 6.45) is 0.973. The summed E-state index contributed by atoms with van der Waals surface area (Å²) in [5, 5.41) is 2.04. The van der Waals surface area contributed by atoms with Crippen LogP contribution in [0.3, 0.4) is 0 Å². The van der Waals surface area contributed by atoms with Crippen molar-refractivity contribution in [3.8, 4) is 5.88 Å². The summed E-state index contributed by atoms with van der Waals surface area (Å²) in [6.45, 7) is 2.71. The van der Waals surface area contributed by atoms with Gasteiger partial charge >= 0.3 is 0 Å². The van der Waals surface area contributed by atoms with E-state index in [1.54, 1.807) is 0 Å². The highest BCUT2D eigenvalue weighted by atomic mass is 32.1. The molecular formula is C12H13NOS. The predicted molar refractivity (Wildman–Crippen MR) is 62.3 cm³/mol. The van der Waals surface area contributed by atoms with Gasteiger partial charge in [-0.2, -0.15) is 4.37 Å². The summed E-state index contributed by atoms with van der Waals surface area (Å²) < 4.78 is 9.87. The second-order valence-corrected chi connectivity index (χ2v) is 3.90. The van der Waals surface area contributed by atoms with Crippen molar-refractivity contribution in [1.82, 2.24) is 4.37 Å². The van der Waals surface area contributed by atoms with Crippen molar-refractivity contribution in [3.05, 3.63) is 46.8 Å². The molecule has 0 saturated carbocycles. The highest BCUT2D eigenvalue weighted by Gasteiger charge is 2.04. The summed E-state index contributed by atoms with van der Waals surface area (Å²) in [6, 6.07) is 10.1. The summed E-state index contributed by atoms with van der Waals surface area (Å²) in [5.74, 6) is 0.784. The molecule has 0 unspecified atom stereocenters. The first-order valence-corrected chi connectivity index (χ1v) is 5.83. The van der Waals surface area contributed by atoms with Crippen LogP contribution in [0, 0.1) is 0 Å². The van der Waals surface area contributed by atoms with Gasteiger partial charge in [-0.3, -0.25) is 0 Å². The molecule has 0 bridgehead atoms. The number of rotatable bonds is 4. The molecule has 2 nitrogen and oxygen atoms in total. The van der Waals surface area contributed by atoms with Crippen LogP contribution in [0.4, 0.5) is 0 Å². The van der Waals surface area contributed by atoms with E-state index in [-0.39, 0.29) is 0 Å². The third-order valence-corrected chi connectivity index (χ3v) is 2.87. The summed E-state index contributed by atoms with van der Waals surface area (Å²) in [7, 11) is 0. The second-order valence-electron chi connectivity index (χ2n) is 3.27. The van der Waals surface area contributed by atoms with Gasteiger partial charge in [-0.15, -0.1) is 0 Å². The van der Waals surface area contributed by atoms with Gasteiger partial charge in [0.05, 0.1) is 0 Å². The Balaban J connectivity index is 1.99. The fourth-order valence-electron chi connectivity index (χ4n) is 1.33. The van der Waals surface area contributed by atoms with Crippen molar-refractivity contribution in [2.45, 2.75) is 20.0 Å². The highest BCUT2D eigenvalue weighted by molar-refractivity contribution is 7.03. The normalized spacial score (nSPS) is 10.2. The van der Waals surface area contributed by atoms with Crippen molar-refractivity contribution in [1.29, 1.82) is 0 Å². The average Bonchev–Trinajstić information content (AvgIpc) is 2.75. The zero-order valence-corrected chi connectivity index (χ0v) is 9.46. The maximum Gasteiger partial charge on any atom is 0.228 e. The first-order chi connectivity index (χ1) is 7.40. The lowest BCUT2D eigenvalue weighted by Gasteiger charge is -2.04. The van der Waals surface area contributed by atoms with Gasteiger partial charge in [0, 0.05) is 10.9 Å². The molecule has 0 saturated heterocycles. The van der Waals surface area contributed by atoms with Crippen LogP contribution in [0.2, 0.25) is 0 Å². The topological polar surface area (TPSA) is 22.1 Å². The number of hydrogen-bond acceptors (Lipinski definition) is 3. The Kier molecular flexibility index (Phi) is 3.35. The molecule has 0 N–H and O–H groups in total. The molecule has 3 heteroatoms. The maximum absolute atomic E-state index is 5.65. The van der Waals surface area contributed by atoms with E-state index in [0.717, 1.165) is 12.3 Å². The smallest absolute Gasteiger partial charge is 0.228 e. The van der Waals surface area contributed by atoms with Crippen molar-refractivity contribution >= 4 is 11.5 Å². The van der Waals surface area contributed by atoms with E-state index < -0.39 is 0 Å². The summed E-state index contributed by atoms with van der Waals surface area (Å²) in [5.41, 5.74) is 2.36. The molecule has 1 aromatic carbocycles. The molecule has 2 rings (SSSR count). The van der Waals surface area contributed by atoms with Gasteiger partial charge in [0.2, 0.25) is 5.88 Å². The molecule has 0 spiro atoms. The van der Waals surface area contributed by atoms with Crippen LogP contribution in [-0.4, -0.2) is 4.37 Å². The fourth-order valence-corrected chi connectivity index (χ4v) is 2.04. The van der Waals surface area contributed by atoms with Gasteiger partial charge in [-0.05, 0) is 23.5 Å². The molecule has 1 heterocycles. The second kappa shape index (κ2) is 4.94. The van der Waals surface area contributed by atoms with Crippen LogP contribution < -0.4 is 4.74 Å². The van der Waals surface area contributed by atoms with Gasteiger partial charge in [-0.25, -0.2) is 0 Å². The molecule has 15 heavy (non-hydrogen) atoms. The van der Waals surface area contributed by atoms with Crippen molar-refractivity contribution in [2.75, 3.05) is 0 Å². The molecule has 0 aliphatic heterocycles. The number of benzene rings is 1. The van der Waals surface area contributed by atoms with Gasteiger partial charge in [0.15, 0.2) is 0 Å². The Morgan fingerprint density at radius 2 is 2.07 bits per heavy atom. The third kappa shape index (κ3) is 2.57. The molecule has 78 valence electrons. The molecule has 1 aromatic heterocycles. The van der Waals surface area contributed by atoms with Crippen molar-refractivity contribution in [3.63, 3.8) is 0 Å². The van der Waals surface area contributed by atoms with Gasteiger partial charge < -0.3 is 4.74 Å². The standard InChI is InChI=1S/C12H13NOS/c1-2-11-9-15-13-12(11)14-8-10-6-4-3-5-7-10/h3-7,9H,2,8H2,1H3. The van der Waals surface area contributed by atoms with E-state index >= 15 is 0 Å². The van der Waals surface area contributed by atoms with Crippen LogP contribution in [0.25, 0.3) is 0 Å². The minimum absolute atomic E-state index is 0.595. The minimum Gasteiger partial charge on any atom is -0.472 e. The fraction of sp³-hybridized carbons (Fsp3) is 0.250. The average molecular weight is 219 g/mol. The van der Waals surface area contributed by atoms with E-state index in [2.05, 4.69) is 23.4 Å². The van der Waals surface area contributed by atoms with Crippen molar-refractivity contribution < 1.29 is 4.74 Å². The molecule has 0 aliphatic rings. The van der Waals surface area contributed by atoms with Crippen LogP contribution in [-0.2, 0) is 13.0 Å². The Labute approximate surface area is 93.7 Å². The molecule has 0 fully saturated rings. The number of hydrogen-bond donors (Lipinski definition) is 0. The minimum atomic E-state index is 0.595. The third-order valence-electron chi connectivity index (χ3n) is 2.20. The number of aromatic nitrogens is 1. The Morgan fingerprint density at radius 1 is 1.27 bits per heavy atom. The zero-order valence-electron chi connectivity index (χ0n) is 8.64. The van der Waals surface area contributed by atoms with Crippen LogP contribution >= 0.6 is 11.5 Å². The quantitative estimate of drug-likeness (QED) is 0.787. The molecule has 2 aromatic rings. The van der Waals surface area contributed by atoms with Crippen LogP contribution in [0.5, 0.6) is 5.88 Å². The Bertz CT molecular complexity index is 411. The predicted octanol–water partition coefficient (Wildman–Crippen LogP) is 3.28. The SMILES string of the molecule is CCc1csnc1OCc1ccccc1. The lowest BCUT2D eigenvalue weighted by atomic mass is 10.2. The lowest BCUT2D eigenvalue weighted by Crippen LogP contribution is -1.96. The van der Waals surface area contributed by atoms with E-state index in [4.69, 9.17) is 4.74 Å². The highest BCUT2D eigenvalue weighted by Crippen LogP contribution is 2.20. The molecule has 0 amide bonds. The summed E-state index contributed by atoms with van der Waals surface area (Å²) >= 11 is 1.45. The number of aryl methyl sites for hydroxylation is 1. The number of ether oxygens (including phenoxy) is 1. The largest absolute Gasteiger partial charge is 0.472 e. The van der Waals surface area contributed by atoms with Gasteiger partial charge in [0.1, 0.15) is 6.61 Å². The Morgan fingerprint density at radius 3 is 2.80 bits per heavy atom. The molecular weight excluding hydrogens is 206 g/mol. The Hall–Kier alpha value is -1.35. The zero-order chi connectivity index (χ0) is 10.5. The first kappa shape index (κ1) is 10.2. The van der Waals surface area contributed by atoms with Gasteiger partial charge in [0.25, 0.3) is 0 Å². The summed E-state index contributed by atoms with van der Waals surface area (Å²) in [4.78, 5) is 0. The van der Waals surface area contributed by atoms with Crippen LogP contribution in [0.1, 0.15) is 18.1 Å². The molecule has 0 atom stereocenters. The molecule has 0 aliphatic carbocycles. The number of nitrogens with zero attached hydrogens (tertiary/aromatic N) is 1.